The van der Waals surface area contributed by atoms with Crippen molar-refractivity contribution in [2.75, 3.05) is 45.9 Å². The van der Waals surface area contributed by atoms with Crippen LogP contribution in [0, 0.1) is 5.92 Å². The second kappa shape index (κ2) is 24.6. The molecule has 0 spiro atoms. The number of rotatable bonds is 22. The number of pyridine rings is 1. The van der Waals surface area contributed by atoms with E-state index in [1.165, 1.54) is 56.1 Å². The molecule has 1 fully saturated rings. The molecule has 1 saturated heterocycles. The first kappa shape index (κ1) is 41.0. The number of carboxylic acids is 1. The second-order valence-electron chi connectivity index (χ2n) is 13.6. The molecule has 1 aliphatic heterocycles. The summed E-state index contributed by atoms with van der Waals surface area (Å²) in [5.74, 6) is -0.545. The summed E-state index contributed by atoms with van der Waals surface area (Å²) in [6.07, 6.45) is 14.9. The Morgan fingerprint density at radius 2 is 1.38 bits per heavy atom. The van der Waals surface area contributed by atoms with Gasteiger partial charge in [-0.2, -0.15) is 0 Å². The van der Waals surface area contributed by atoms with Gasteiger partial charge in [0.15, 0.2) is 5.75 Å². The van der Waals surface area contributed by atoms with Crippen molar-refractivity contribution < 1.29 is 19.7 Å². The van der Waals surface area contributed by atoms with Crippen LogP contribution in [0.15, 0.2) is 77.7 Å². The fraction of sp³-hybridized carbons (Fsp3) is 0.571. The average molecular weight is 690 g/mol. The van der Waals surface area contributed by atoms with Crippen LogP contribution in [0.25, 0.3) is 0 Å². The molecular weight excluding hydrogens is 626 g/mol. The van der Waals surface area contributed by atoms with Crippen molar-refractivity contribution in [3.05, 3.63) is 100.0 Å². The summed E-state index contributed by atoms with van der Waals surface area (Å²) in [7, 11) is 0. The Bertz CT molecular complexity index is 1370. The first-order chi connectivity index (χ1) is 24.4. The molecule has 1 unspecified atom stereocenters. The van der Waals surface area contributed by atoms with E-state index in [4.69, 9.17) is 14.9 Å². The van der Waals surface area contributed by atoms with Gasteiger partial charge in [-0.05, 0) is 43.2 Å². The van der Waals surface area contributed by atoms with E-state index in [1.54, 1.807) is 0 Å². The number of aromatic nitrogens is 1. The molecule has 1 aliphatic rings. The third-order valence-electron chi connectivity index (χ3n) is 9.60. The number of hydrogen-bond acceptors (Lipinski definition) is 6. The van der Waals surface area contributed by atoms with Gasteiger partial charge in [0.1, 0.15) is 0 Å². The predicted octanol–water partition coefficient (Wildman–Crippen LogP) is 7.65. The lowest BCUT2D eigenvalue weighted by atomic mass is 10.0. The van der Waals surface area contributed by atoms with Crippen molar-refractivity contribution in [1.29, 1.82) is 0 Å². The summed E-state index contributed by atoms with van der Waals surface area (Å²) in [4.78, 5) is 28.5. The number of unbranched alkanes of at least 4 members (excludes halogenated alkanes) is 7. The standard InChI is InChI=1S/C35H49N3O2.C7H14O3/c1-2-3-4-5-6-7-8-15-26-40-35-30-38(28-32-18-13-10-14-19-32)33(27-34(35)39)29-37-24-22-36(23-25-37)21-20-31-16-11-9-12-17-31;1-2-6(7(9)10)4-3-5-8/h9-14,16-19,27,30H,2-8,15,20-26,28-29H2,1H3;6,8H,2-5H2,1H3,(H,9,10). The van der Waals surface area contributed by atoms with Crippen LogP contribution in [-0.4, -0.2) is 76.5 Å². The fourth-order valence-electron chi connectivity index (χ4n) is 6.36. The maximum Gasteiger partial charge on any atom is 0.306 e. The van der Waals surface area contributed by atoms with Crippen LogP contribution in [0.3, 0.4) is 0 Å². The van der Waals surface area contributed by atoms with Crippen molar-refractivity contribution in [3.63, 3.8) is 0 Å². The summed E-state index contributed by atoms with van der Waals surface area (Å²) in [6.45, 7) is 11.6. The number of piperazine rings is 1. The Hall–Kier alpha value is -3.46. The SMILES string of the molecule is CCC(CCCO)C(=O)O.CCCCCCCCCCOc1cn(Cc2ccccc2)c(CN2CCN(CCc3ccccc3)CC2)cc1=O. The molecule has 0 amide bonds. The number of carboxylic acid groups (broad SMARTS) is 1. The van der Waals surface area contributed by atoms with Crippen molar-refractivity contribution >= 4 is 5.97 Å². The number of aliphatic hydroxyl groups excluding tert-OH is 1. The molecule has 50 heavy (non-hydrogen) atoms. The van der Waals surface area contributed by atoms with E-state index in [0.29, 0.717) is 31.6 Å². The number of aliphatic carboxylic acids is 1. The maximum absolute atomic E-state index is 13.1. The largest absolute Gasteiger partial charge is 0.488 e. The minimum absolute atomic E-state index is 0.000347. The summed E-state index contributed by atoms with van der Waals surface area (Å²) < 4.78 is 8.25. The molecule has 0 bridgehead atoms. The van der Waals surface area contributed by atoms with Gasteiger partial charge in [-0.3, -0.25) is 14.5 Å². The van der Waals surface area contributed by atoms with Crippen LogP contribution >= 0.6 is 0 Å². The minimum Gasteiger partial charge on any atom is -0.488 e. The third-order valence-corrected chi connectivity index (χ3v) is 9.60. The Kier molecular flexibility index (Phi) is 20.2. The molecule has 8 heteroatoms. The molecule has 0 saturated carbocycles. The Morgan fingerprint density at radius 3 is 1.98 bits per heavy atom. The zero-order chi connectivity index (χ0) is 35.8. The highest BCUT2D eigenvalue weighted by Crippen LogP contribution is 2.16. The highest BCUT2D eigenvalue weighted by atomic mass is 16.5. The van der Waals surface area contributed by atoms with E-state index in [0.717, 1.165) is 64.3 Å². The second-order valence-corrected chi connectivity index (χ2v) is 13.6. The summed E-state index contributed by atoms with van der Waals surface area (Å²) in [5, 5.41) is 16.9. The molecule has 1 aromatic heterocycles. The monoisotopic (exact) mass is 689 g/mol. The molecule has 0 radical (unpaired) electrons. The molecule has 3 aromatic rings. The third kappa shape index (κ3) is 16.0. The molecule has 2 aromatic carbocycles. The van der Waals surface area contributed by atoms with E-state index in [2.05, 4.69) is 75.9 Å². The van der Waals surface area contributed by atoms with Crippen molar-refractivity contribution in [3.8, 4) is 5.75 Å². The van der Waals surface area contributed by atoms with Crippen LogP contribution in [0.4, 0.5) is 0 Å². The van der Waals surface area contributed by atoms with Gasteiger partial charge in [0.25, 0.3) is 0 Å². The van der Waals surface area contributed by atoms with Crippen molar-refractivity contribution in [1.82, 2.24) is 14.4 Å². The van der Waals surface area contributed by atoms with E-state index in [-0.39, 0.29) is 18.0 Å². The molecule has 1 atom stereocenters. The highest BCUT2D eigenvalue weighted by molar-refractivity contribution is 5.69. The molecule has 276 valence electrons. The van der Waals surface area contributed by atoms with Crippen molar-refractivity contribution in [2.24, 2.45) is 5.92 Å². The van der Waals surface area contributed by atoms with E-state index < -0.39 is 5.97 Å². The molecule has 0 aliphatic carbocycles. The van der Waals surface area contributed by atoms with Crippen LogP contribution in [0.2, 0.25) is 0 Å². The van der Waals surface area contributed by atoms with Crippen molar-refractivity contribution in [2.45, 2.75) is 104 Å². The molecule has 8 nitrogen and oxygen atoms in total. The first-order valence-corrected chi connectivity index (χ1v) is 19.2. The van der Waals surface area contributed by atoms with Gasteiger partial charge in [0.05, 0.1) is 18.7 Å². The molecule has 2 N–H and O–H groups in total. The lowest BCUT2D eigenvalue weighted by Crippen LogP contribution is -2.46. The summed E-state index contributed by atoms with van der Waals surface area (Å²) in [5.41, 5.74) is 3.69. The van der Waals surface area contributed by atoms with Gasteiger partial charge < -0.3 is 24.4 Å². The van der Waals surface area contributed by atoms with Crippen LogP contribution < -0.4 is 10.2 Å². The number of ether oxygens (including phenoxy) is 1. The normalized spacial score (nSPS) is 14.1. The zero-order valence-corrected chi connectivity index (χ0v) is 30.8. The van der Waals surface area contributed by atoms with Gasteiger partial charge in [-0.25, -0.2) is 0 Å². The molecular formula is C42H63N3O5. The average Bonchev–Trinajstić information content (AvgIpc) is 3.13. The van der Waals surface area contributed by atoms with Gasteiger partial charge in [-0.15, -0.1) is 0 Å². The van der Waals surface area contributed by atoms with E-state index in [1.807, 2.05) is 25.3 Å². The number of nitrogens with zero attached hydrogens (tertiary/aromatic N) is 3. The number of carbonyl (C=O) groups is 1. The number of hydrogen-bond donors (Lipinski definition) is 2. The van der Waals surface area contributed by atoms with E-state index in [9.17, 15) is 9.59 Å². The van der Waals surface area contributed by atoms with Crippen LogP contribution in [0.5, 0.6) is 5.75 Å². The zero-order valence-electron chi connectivity index (χ0n) is 30.8. The summed E-state index contributed by atoms with van der Waals surface area (Å²) in [6, 6.07) is 23.1. The fourth-order valence-corrected chi connectivity index (χ4v) is 6.36. The lowest BCUT2D eigenvalue weighted by Gasteiger charge is -2.35. The minimum atomic E-state index is -0.754. The smallest absolute Gasteiger partial charge is 0.306 e. The number of benzene rings is 2. The van der Waals surface area contributed by atoms with E-state index >= 15 is 0 Å². The van der Waals surface area contributed by atoms with Crippen LogP contribution in [-0.2, 0) is 24.3 Å². The maximum atomic E-state index is 13.1. The first-order valence-electron chi connectivity index (χ1n) is 19.2. The Morgan fingerprint density at radius 1 is 0.780 bits per heavy atom. The topological polar surface area (TPSA) is 95.2 Å². The predicted molar refractivity (Wildman–Crippen MR) is 204 cm³/mol. The molecule has 4 rings (SSSR count). The van der Waals surface area contributed by atoms with Gasteiger partial charge in [-0.1, -0.05) is 119 Å². The van der Waals surface area contributed by atoms with Gasteiger partial charge >= 0.3 is 5.97 Å². The van der Waals surface area contributed by atoms with Gasteiger partial charge in [0, 0.05) is 64.2 Å². The summed E-state index contributed by atoms with van der Waals surface area (Å²) >= 11 is 0. The Balaban J connectivity index is 0.000000588. The number of aliphatic hydroxyl groups is 1. The van der Waals surface area contributed by atoms with Gasteiger partial charge in [0.2, 0.25) is 5.43 Å². The molecule has 2 heterocycles. The quantitative estimate of drug-likeness (QED) is 0.105. The Labute approximate surface area is 301 Å². The van der Waals surface area contributed by atoms with Crippen LogP contribution in [0.1, 0.15) is 101 Å². The lowest BCUT2D eigenvalue weighted by molar-refractivity contribution is -0.142. The highest BCUT2D eigenvalue weighted by Gasteiger charge is 2.19.